The Bertz CT molecular complexity index is 276. The van der Waals surface area contributed by atoms with E-state index in [4.69, 9.17) is 5.73 Å². The second-order valence-corrected chi connectivity index (χ2v) is 5.90. The molecule has 0 bridgehead atoms. The highest BCUT2D eigenvalue weighted by atomic mass is 16.2. The molecule has 0 aromatic heterocycles. The van der Waals surface area contributed by atoms with Gasteiger partial charge in [0, 0.05) is 32.1 Å². The molecule has 0 saturated carbocycles. The van der Waals surface area contributed by atoms with Gasteiger partial charge in [0.1, 0.15) is 0 Å². The van der Waals surface area contributed by atoms with Crippen molar-refractivity contribution in [1.82, 2.24) is 9.80 Å². The molecule has 4 nitrogen and oxygen atoms in total. The second kappa shape index (κ2) is 6.53. The van der Waals surface area contributed by atoms with Crippen LogP contribution in [0.25, 0.3) is 0 Å². The van der Waals surface area contributed by atoms with Crippen LogP contribution < -0.4 is 5.73 Å². The topological polar surface area (TPSA) is 49.6 Å². The van der Waals surface area contributed by atoms with Crippen molar-refractivity contribution < 1.29 is 4.79 Å². The molecule has 2 aliphatic rings. The molecule has 0 radical (unpaired) electrons. The lowest BCUT2D eigenvalue weighted by Crippen LogP contribution is -2.49. The van der Waals surface area contributed by atoms with Crippen molar-refractivity contribution in [2.45, 2.75) is 45.1 Å². The highest BCUT2D eigenvalue weighted by molar-refractivity contribution is 5.76. The molecule has 2 atom stereocenters. The molecule has 0 aromatic rings. The first kappa shape index (κ1) is 13.8. The SMILES string of the molecule is CC1CCN(C(=O)CCN2CCCC2)C(CN)C1. The Morgan fingerprint density at radius 1 is 1.28 bits per heavy atom. The van der Waals surface area contributed by atoms with Gasteiger partial charge in [-0.1, -0.05) is 6.92 Å². The van der Waals surface area contributed by atoms with E-state index in [-0.39, 0.29) is 6.04 Å². The molecule has 1 amide bonds. The summed E-state index contributed by atoms with van der Waals surface area (Å²) in [6, 6.07) is 0.278. The van der Waals surface area contributed by atoms with Crippen molar-refractivity contribution in [3.05, 3.63) is 0 Å². The van der Waals surface area contributed by atoms with Gasteiger partial charge in [0.2, 0.25) is 5.91 Å². The summed E-state index contributed by atoms with van der Waals surface area (Å²) in [5.74, 6) is 1.02. The lowest BCUT2D eigenvalue weighted by molar-refractivity contribution is -0.135. The maximum Gasteiger partial charge on any atom is 0.224 e. The van der Waals surface area contributed by atoms with Crippen LogP contribution in [0.1, 0.15) is 39.0 Å². The maximum absolute atomic E-state index is 12.3. The van der Waals surface area contributed by atoms with E-state index in [9.17, 15) is 4.79 Å². The van der Waals surface area contributed by atoms with E-state index in [0.29, 0.717) is 24.8 Å². The minimum absolute atomic E-state index is 0.278. The molecule has 2 heterocycles. The molecule has 2 saturated heterocycles. The first-order valence-electron chi connectivity index (χ1n) is 7.42. The predicted molar refractivity (Wildman–Crippen MR) is 73.2 cm³/mol. The minimum Gasteiger partial charge on any atom is -0.338 e. The predicted octanol–water partition coefficient (Wildman–Crippen LogP) is 1.06. The summed E-state index contributed by atoms with van der Waals surface area (Å²) in [6.45, 7) is 7.05. The number of nitrogens with two attached hydrogens (primary N) is 1. The van der Waals surface area contributed by atoms with Crippen LogP contribution in [0.4, 0.5) is 0 Å². The maximum atomic E-state index is 12.3. The molecule has 0 aliphatic carbocycles. The Hall–Kier alpha value is -0.610. The Kier molecular flexibility index (Phi) is 5.01. The fraction of sp³-hybridized carbons (Fsp3) is 0.929. The molecular formula is C14H27N3O. The van der Waals surface area contributed by atoms with E-state index >= 15 is 0 Å². The van der Waals surface area contributed by atoms with Crippen LogP contribution in [0.5, 0.6) is 0 Å². The van der Waals surface area contributed by atoms with Crippen molar-refractivity contribution >= 4 is 5.91 Å². The van der Waals surface area contributed by atoms with E-state index in [2.05, 4.69) is 11.8 Å². The molecule has 18 heavy (non-hydrogen) atoms. The Labute approximate surface area is 110 Å². The number of nitrogens with zero attached hydrogens (tertiary/aromatic N) is 2. The fourth-order valence-corrected chi connectivity index (χ4v) is 3.21. The van der Waals surface area contributed by atoms with Crippen LogP contribution in [0, 0.1) is 5.92 Å². The van der Waals surface area contributed by atoms with Gasteiger partial charge in [-0.05, 0) is 44.7 Å². The number of carbonyl (C=O) groups excluding carboxylic acids is 1. The quantitative estimate of drug-likeness (QED) is 0.815. The van der Waals surface area contributed by atoms with Gasteiger partial charge in [0.25, 0.3) is 0 Å². The zero-order valence-corrected chi connectivity index (χ0v) is 11.6. The lowest BCUT2D eigenvalue weighted by Gasteiger charge is -2.38. The minimum atomic E-state index is 0.278. The zero-order valence-electron chi connectivity index (χ0n) is 11.6. The zero-order chi connectivity index (χ0) is 13.0. The van der Waals surface area contributed by atoms with Crippen LogP contribution in [-0.2, 0) is 4.79 Å². The molecule has 104 valence electrons. The number of hydrogen-bond acceptors (Lipinski definition) is 3. The molecule has 2 N–H and O–H groups in total. The monoisotopic (exact) mass is 253 g/mol. The first-order valence-corrected chi connectivity index (χ1v) is 7.42. The summed E-state index contributed by atoms with van der Waals surface area (Å²) in [7, 11) is 0. The van der Waals surface area contributed by atoms with E-state index in [1.807, 2.05) is 4.90 Å². The number of hydrogen-bond donors (Lipinski definition) is 1. The standard InChI is InChI=1S/C14H27N3O/c1-12-4-9-17(13(10-12)11-15)14(18)5-8-16-6-2-3-7-16/h12-13H,2-11,15H2,1H3. The van der Waals surface area contributed by atoms with Gasteiger partial charge in [-0.25, -0.2) is 0 Å². The van der Waals surface area contributed by atoms with Crippen LogP contribution >= 0.6 is 0 Å². The summed E-state index contributed by atoms with van der Waals surface area (Å²) in [4.78, 5) is 16.7. The Morgan fingerprint density at radius 2 is 2.00 bits per heavy atom. The van der Waals surface area contributed by atoms with Crippen LogP contribution in [0.15, 0.2) is 0 Å². The van der Waals surface area contributed by atoms with Crippen molar-refractivity contribution in [2.75, 3.05) is 32.7 Å². The molecule has 2 fully saturated rings. The van der Waals surface area contributed by atoms with Gasteiger partial charge in [-0.15, -0.1) is 0 Å². The van der Waals surface area contributed by atoms with Crippen molar-refractivity contribution in [3.8, 4) is 0 Å². The third kappa shape index (κ3) is 3.45. The summed E-state index contributed by atoms with van der Waals surface area (Å²) in [5.41, 5.74) is 5.81. The molecule has 0 spiro atoms. The second-order valence-electron chi connectivity index (χ2n) is 5.90. The van der Waals surface area contributed by atoms with Gasteiger partial charge < -0.3 is 15.5 Å². The van der Waals surface area contributed by atoms with E-state index < -0.39 is 0 Å². The van der Waals surface area contributed by atoms with Crippen molar-refractivity contribution in [3.63, 3.8) is 0 Å². The van der Waals surface area contributed by atoms with Crippen molar-refractivity contribution in [2.24, 2.45) is 11.7 Å². The van der Waals surface area contributed by atoms with Gasteiger partial charge in [-0.3, -0.25) is 4.79 Å². The number of carbonyl (C=O) groups is 1. The smallest absolute Gasteiger partial charge is 0.224 e. The number of amides is 1. The third-order valence-electron chi connectivity index (χ3n) is 4.41. The van der Waals surface area contributed by atoms with Crippen LogP contribution in [0.3, 0.4) is 0 Å². The highest BCUT2D eigenvalue weighted by Crippen LogP contribution is 2.22. The lowest BCUT2D eigenvalue weighted by atomic mass is 9.92. The summed E-state index contributed by atoms with van der Waals surface area (Å²) in [5, 5.41) is 0. The van der Waals surface area contributed by atoms with Crippen LogP contribution in [-0.4, -0.2) is 54.5 Å². The first-order chi connectivity index (χ1) is 8.70. The van der Waals surface area contributed by atoms with Gasteiger partial charge >= 0.3 is 0 Å². The normalized spacial score (nSPS) is 29.8. The van der Waals surface area contributed by atoms with Crippen molar-refractivity contribution in [1.29, 1.82) is 0 Å². The van der Waals surface area contributed by atoms with E-state index in [1.165, 1.54) is 25.9 Å². The molecule has 2 rings (SSSR count). The van der Waals surface area contributed by atoms with E-state index in [1.54, 1.807) is 0 Å². The largest absolute Gasteiger partial charge is 0.338 e. The summed E-state index contributed by atoms with van der Waals surface area (Å²) in [6.07, 6.45) is 5.46. The summed E-state index contributed by atoms with van der Waals surface area (Å²) >= 11 is 0. The molecule has 4 heteroatoms. The summed E-state index contributed by atoms with van der Waals surface area (Å²) < 4.78 is 0. The molecule has 0 aromatic carbocycles. The Balaban J connectivity index is 1.79. The number of likely N-dealkylation sites (tertiary alicyclic amines) is 2. The fourth-order valence-electron chi connectivity index (χ4n) is 3.21. The molecule has 2 aliphatic heterocycles. The van der Waals surface area contributed by atoms with Gasteiger partial charge in [0.05, 0.1) is 0 Å². The molecular weight excluding hydrogens is 226 g/mol. The van der Waals surface area contributed by atoms with Crippen LogP contribution in [0.2, 0.25) is 0 Å². The van der Waals surface area contributed by atoms with Gasteiger partial charge in [-0.2, -0.15) is 0 Å². The number of piperidine rings is 1. The van der Waals surface area contributed by atoms with Gasteiger partial charge in [0.15, 0.2) is 0 Å². The number of rotatable bonds is 4. The van der Waals surface area contributed by atoms with E-state index in [0.717, 1.165) is 25.9 Å². The Morgan fingerprint density at radius 3 is 2.67 bits per heavy atom. The average Bonchev–Trinajstić information content (AvgIpc) is 2.88. The average molecular weight is 253 g/mol. The molecule has 2 unspecified atom stereocenters. The highest BCUT2D eigenvalue weighted by Gasteiger charge is 2.28. The third-order valence-corrected chi connectivity index (χ3v) is 4.41.